The number of rotatable bonds is 4. The summed E-state index contributed by atoms with van der Waals surface area (Å²) in [5, 5.41) is 5.77. The Morgan fingerprint density at radius 1 is 1.44 bits per heavy atom. The van der Waals surface area contributed by atoms with Gasteiger partial charge in [0.05, 0.1) is 0 Å². The van der Waals surface area contributed by atoms with Crippen molar-refractivity contribution in [3.05, 3.63) is 54.9 Å². The highest BCUT2D eigenvalue weighted by atomic mass is 14.9. The number of aromatic nitrogens is 1. The van der Waals surface area contributed by atoms with Gasteiger partial charge in [-0.2, -0.15) is 0 Å². The summed E-state index contributed by atoms with van der Waals surface area (Å²) in [6.45, 7) is 3.80. The molecule has 0 spiro atoms. The van der Waals surface area contributed by atoms with Crippen LogP contribution >= 0.6 is 0 Å². The van der Waals surface area contributed by atoms with Crippen LogP contribution in [0.1, 0.15) is 18.0 Å². The average Bonchev–Trinajstić information content (AvgIpc) is 2.35. The maximum atomic E-state index is 4.14. The second-order valence-corrected chi connectivity index (χ2v) is 3.81. The quantitative estimate of drug-likeness (QED) is 0.788. The fourth-order valence-corrected chi connectivity index (χ4v) is 2.02. The molecule has 0 amide bonds. The van der Waals surface area contributed by atoms with Crippen LogP contribution in [0.15, 0.2) is 49.3 Å². The summed E-state index contributed by atoms with van der Waals surface area (Å²) in [7, 11) is 1.98. The molecule has 0 aliphatic rings. The fraction of sp³-hybridized carbons (Fsp3) is 0.214. The van der Waals surface area contributed by atoms with Crippen molar-refractivity contribution in [3.8, 4) is 0 Å². The molecule has 0 radical (unpaired) electrons. The molecule has 0 aliphatic heterocycles. The third kappa shape index (κ3) is 1.97. The van der Waals surface area contributed by atoms with Crippen molar-refractivity contribution in [1.82, 2.24) is 10.3 Å². The molecule has 1 N–H and O–H groups in total. The van der Waals surface area contributed by atoms with Gasteiger partial charge in [-0.3, -0.25) is 4.98 Å². The van der Waals surface area contributed by atoms with Gasteiger partial charge in [-0.15, -0.1) is 6.58 Å². The lowest BCUT2D eigenvalue weighted by molar-refractivity contribution is 0.608. The highest BCUT2D eigenvalue weighted by Crippen LogP contribution is 2.25. The van der Waals surface area contributed by atoms with Gasteiger partial charge in [0, 0.05) is 23.8 Å². The Morgan fingerprint density at radius 2 is 2.31 bits per heavy atom. The number of fused-ring (bicyclic) bond motifs is 1. The Labute approximate surface area is 96.0 Å². The molecule has 2 nitrogen and oxygen atoms in total. The molecule has 2 aromatic rings. The Hall–Kier alpha value is -1.67. The first kappa shape index (κ1) is 10.8. The minimum absolute atomic E-state index is 0.323. The number of pyridine rings is 1. The van der Waals surface area contributed by atoms with Crippen molar-refractivity contribution < 1.29 is 0 Å². The van der Waals surface area contributed by atoms with Gasteiger partial charge in [-0.1, -0.05) is 24.3 Å². The van der Waals surface area contributed by atoms with E-state index < -0.39 is 0 Å². The van der Waals surface area contributed by atoms with Gasteiger partial charge in [0.2, 0.25) is 0 Å². The van der Waals surface area contributed by atoms with E-state index in [1.165, 1.54) is 16.3 Å². The third-order valence-electron chi connectivity index (χ3n) is 2.84. The number of benzene rings is 1. The van der Waals surface area contributed by atoms with E-state index in [0.29, 0.717) is 6.04 Å². The zero-order valence-corrected chi connectivity index (χ0v) is 9.48. The van der Waals surface area contributed by atoms with Crippen molar-refractivity contribution >= 4 is 10.8 Å². The zero-order chi connectivity index (χ0) is 11.4. The lowest BCUT2D eigenvalue weighted by Crippen LogP contribution is -2.15. The first-order valence-corrected chi connectivity index (χ1v) is 5.47. The predicted octanol–water partition coefficient (Wildman–Crippen LogP) is 3.07. The summed E-state index contributed by atoms with van der Waals surface area (Å²) in [6.07, 6.45) is 6.62. The normalized spacial score (nSPS) is 12.6. The highest BCUT2D eigenvalue weighted by molar-refractivity contribution is 5.85. The van der Waals surface area contributed by atoms with Crippen LogP contribution in [0.2, 0.25) is 0 Å². The van der Waals surface area contributed by atoms with Crippen molar-refractivity contribution in [2.24, 2.45) is 0 Å². The van der Waals surface area contributed by atoms with Crippen molar-refractivity contribution in [1.29, 1.82) is 0 Å². The number of hydrogen-bond donors (Lipinski definition) is 1. The first-order valence-electron chi connectivity index (χ1n) is 5.47. The largest absolute Gasteiger partial charge is 0.313 e. The maximum absolute atomic E-state index is 4.14. The van der Waals surface area contributed by atoms with Crippen LogP contribution in [0.3, 0.4) is 0 Å². The molecule has 1 aromatic heterocycles. The maximum Gasteiger partial charge on any atom is 0.0358 e. The molecule has 1 unspecified atom stereocenters. The molecule has 0 fully saturated rings. The van der Waals surface area contributed by atoms with Crippen molar-refractivity contribution in [2.75, 3.05) is 7.05 Å². The Kier molecular flexibility index (Phi) is 3.32. The van der Waals surface area contributed by atoms with Crippen LogP contribution in [-0.4, -0.2) is 12.0 Å². The van der Waals surface area contributed by atoms with E-state index in [1.54, 1.807) is 0 Å². The van der Waals surface area contributed by atoms with Crippen LogP contribution in [0.4, 0.5) is 0 Å². The molecule has 1 atom stereocenters. The second kappa shape index (κ2) is 4.90. The molecule has 16 heavy (non-hydrogen) atoms. The lowest BCUT2D eigenvalue weighted by atomic mass is 9.98. The van der Waals surface area contributed by atoms with Gasteiger partial charge in [0.25, 0.3) is 0 Å². The predicted molar refractivity (Wildman–Crippen MR) is 68.4 cm³/mol. The van der Waals surface area contributed by atoms with Crippen LogP contribution in [0.25, 0.3) is 10.8 Å². The van der Waals surface area contributed by atoms with E-state index in [9.17, 15) is 0 Å². The van der Waals surface area contributed by atoms with Gasteiger partial charge in [0.1, 0.15) is 0 Å². The standard InChI is InChI=1S/C14H16N2/c1-3-5-14(15-2)13-7-4-6-11-10-16-9-8-12(11)13/h3-4,6-10,14-15H,1,5H2,2H3. The summed E-state index contributed by atoms with van der Waals surface area (Å²) in [4.78, 5) is 4.14. The van der Waals surface area contributed by atoms with E-state index in [1.807, 2.05) is 25.5 Å². The molecule has 1 heterocycles. The molecular weight excluding hydrogens is 196 g/mol. The van der Waals surface area contributed by atoms with E-state index in [0.717, 1.165) is 6.42 Å². The average molecular weight is 212 g/mol. The number of hydrogen-bond acceptors (Lipinski definition) is 2. The van der Waals surface area contributed by atoms with Crippen molar-refractivity contribution in [3.63, 3.8) is 0 Å². The van der Waals surface area contributed by atoms with Crippen LogP contribution < -0.4 is 5.32 Å². The Bertz CT molecular complexity index is 486. The zero-order valence-electron chi connectivity index (χ0n) is 9.48. The third-order valence-corrected chi connectivity index (χ3v) is 2.84. The van der Waals surface area contributed by atoms with Gasteiger partial charge >= 0.3 is 0 Å². The minimum Gasteiger partial charge on any atom is -0.313 e. The Morgan fingerprint density at radius 3 is 3.06 bits per heavy atom. The summed E-state index contributed by atoms with van der Waals surface area (Å²) in [5.74, 6) is 0. The summed E-state index contributed by atoms with van der Waals surface area (Å²) >= 11 is 0. The summed E-state index contributed by atoms with van der Waals surface area (Å²) < 4.78 is 0. The molecule has 1 aromatic carbocycles. The van der Waals surface area contributed by atoms with E-state index in [4.69, 9.17) is 0 Å². The van der Waals surface area contributed by atoms with E-state index >= 15 is 0 Å². The first-order chi connectivity index (χ1) is 7.86. The van der Waals surface area contributed by atoms with Crippen LogP contribution in [-0.2, 0) is 0 Å². The molecular formula is C14H16N2. The molecule has 82 valence electrons. The second-order valence-electron chi connectivity index (χ2n) is 3.81. The molecule has 2 heteroatoms. The molecule has 2 rings (SSSR count). The molecule has 0 aliphatic carbocycles. The molecule has 0 saturated heterocycles. The van der Waals surface area contributed by atoms with Gasteiger partial charge in [-0.25, -0.2) is 0 Å². The highest BCUT2D eigenvalue weighted by Gasteiger charge is 2.10. The SMILES string of the molecule is C=CCC(NC)c1cccc2cnccc12. The van der Waals surface area contributed by atoms with E-state index in [2.05, 4.69) is 41.1 Å². The van der Waals surface area contributed by atoms with E-state index in [-0.39, 0.29) is 0 Å². The monoisotopic (exact) mass is 212 g/mol. The topological polar surface area (TPSA) is 24.9 Å². The smallest absolute Gasteiger partial charge is 0.0358 e. The lowest BCUT2D eigenvalue weighted by Gasteiger charge is -2.16. The van der Waals surface area contributed by atoms with Gasteiger partial charge in [0.15, 0.2) is 0 Å². The van der Waals surface area contributed by atoms with Crippen LogP contribution in [0, 0.1) is 0 Å². The fourth-order valence-electron chi connectivity index (χ4n) is 2.02. The molecule has 0 bridgehead atoms. The molecule has 0 saturated carbocycles. The van der Waals surface area contributed by atoms with Crippen molar-refractivity contribution in [2.45, 2.75) is 12.5 Å². The van der Waals surface area contributed by atoms with Crippen LogP contribution in [0.5, 0.6) is 0 Å². The number of nitrogens with one attached hydrogen (secondary N) is 1. The Balaban J connectivity index is 2.54. The van der Waals surface area contributed by atoms with Gasteiger partial charge < -0.3 is 5.32 Å². The number of nitrogens with zero attached hydrogens (tertiary/aromatic N) is 1. The minimum atomic E-state index is 0.323. The summed E-state index contributed by atoms with van der Waals surface area (Å²) in [5.41, 5.74) is 1.31. The summed E-state index contributed by atoms with van der Waals surface area (Å²) in [6, 6.07) is 8.72. The van der Waals surface area contributed by atoms with Gasteiger partial charge in [-0.05, 0) is 30.5 Å².